The molecule has 14 heavy (non-hydrogen) atoms. The molecule has 7 heteroatoms. The Morgan fingerprint density at radius 2 is 2.07 bits per heavy atom. The van der Waals surface area contributed by atoms with Gasteiger partial charge in [0.1, 0.15) is 0 Å². The van der Waals surface area contributed by atoms with Crippen LogP contribution in [0.1, 0.15) is 6.92 Å². The Bertz CT molecular complexity index is 284. The van der Waals surface area contributed by atoms with Gasteiger partial charge in [0.2, 0.25) is 10.0 Å². The average Bonchev–Trinajstić information content (AvgIpc) is 2.04. The minimum Gasteiger partial charge on any atom is -0.370 e. The van der Waals surface area contributed by atoms with E-state index in [0.29, 0.717) is 6.54 Å². The molecule has 0 aromatic rings. The molecule has 0 atom stereocenters. The van der Waals surface area contributed by atoms with E-state index in [4.69, 9.17) is 5.73 Å². The highest BCUT2D eigenvalue weighted by Crippen LogP contribution is 1.93. The average molecular weight is 222 g/mol. The third-order valence-electron chi connectivity index (χ3n) is 1.55. The summed E-state index contributed by atoms with van der Waals surface area (Å²) in [5.74, 6) is 0.257. The van der Waals surface area contributed by atoms with Crippen LogP contribution in [0.15, 0.2) is 4.99 Å². The Kier molecular flexibility index (Phi) is 5.47. The van der Waals surface area contributed by atoms with Crippen molar-refractivity contribution in [2.24, 2.45) is 10.7 Å². The molecule has 0 aliphatic heterocycles. The molecule has 0 saturated carbocycles. The molecule has 6 nitrogen and oxygen atoms in total. The summed E-state index contributed by atoms with van der Waals surface area (Å²) in [6.45, 7) is 2.74. The van der Waals surface area contributed by atoms with Crippen LogP contribution in [0.3, 0.4) is 0 Å². The number of nitrogens with two attached hydrogens (primary N) is 1. The molecule has 0 bridgehead atoms. The van der Waals surface area contributed by atoms with Gasteiger partial charge < -0.3 is 11.1 Å². The van der Waals surface area contributed by atoms with Gasteiger partial charge in [-0.05, 0) is 6.92 Å². The van der Waals surface area contributed by atoms with Crippen LogP contribution in [-0.4, -0.2) is 51.6 Å². The van der Waals surface area contributed by atoms with Crippen molar-refractivity contribution in [3.05, 3.63) is 0 Å². The largest absolute Gasteiger partial charge is 0.370 e. The third-order valence-corrected chi connectivity index (χ3v) is 3.36. The molecule has 0 radical (unpaired) electrons. The van der Waals surface area contributed by atoms with Crippen molar-refractivity contribution in [1.29, 1.82) is 0 Å². The van der Waals surface area contributed by atoms with Gasteiger partial charge in [-0.15, -0.1) is 0 Å². The van der Waals surface area contributed by atoms with Crippen LogP contribution in [0.4, 0.5) is 0 Å². The summed E-state index contributed by atoms with van der Waals surface area (Å²) >= 11 is 0. The topological polar surface area (TPSA) is 87.8 Å². The van der Waals surface area contributed by atoms with Gasteiger partial charge in [-0.2, -0.15) is 0 Å². The van der Waals surface area contributed by atoms with E-state index in [1.165, 1.54) is 18.4 Å². The summed E-state index contributed by atoms with van der Waals surface area (Å²) in [6.07, 6.45) is 0. The third kappa shape index (κ3) is 5.03. The van der Waals surface area contributed by atoms with Crippen molar-refractivity contribution >= 4 is 16.0 Å². The summed E-state index contributed by atoms with van der Waals surface area (Å²) in [7, 11) is -0.180. The Morgan fingerprint density at radius 1 is 1.50 bits per heavy atom. The van der Waals surface area contributed by atoms with Crippen molar-refractivity contribution in [2.75, 3.05) is 32.9 Å². The highest BCUT2D eigenvalue weighted by Gasteiger charge is 2.12. The van der Waals surface area contributed by atoms with E-state index < -0.39 is 10.0 Å². The maximum absolute atomic E-state index is 11.3. The molecule has 84 valence electrons. The molecule has 0 aliphatic rings. The molecule has 0 unspecified atom stereocenters. The van der Waals surface area contributed by atoms with Crippen LogP contribution in [-0.2, 0) is 10.0 Å². The number of nitrogens with zero attached hydrogens (tertiary/aromatic N) is 2. The van der Waals surface area contributed by atoms with Gasteiger partial charge in [0.25, 0.3) is 0 Å². The number of aliphatic imine (C=N–C) groups is 1. The zero-order valence-electron chi connectivity index (χ0n) is 8.82. The van der Waals surface area contributed by atoms with Crippen molar-refractivity contribution in [3.8, 4) is 0 Å². The first kappa shape index (κ1) is 13.2. The lowest BCUT2D eigenvalue weighted by atomic mass is 10.7. The Labute approximate surface area is 85.2 Å². The first-order valence-corrected chi connectivity index (χ1v) is 5.95. The summed E-state index contributed by atoms with van der Waals surface area (Å²) in [4.78, 5) is 3.86. The molecule has 0 aliphatic carbocycles. The minimum absolute atomic E-state index is 0.0217. The summed E-state index contributed by atoms with van der Waals surface area (Å²) in [5.41, 5.74) is 5.42. The van der Waals surface area contributed by atoms with Crippen molar-refractivity contribution in [3.63, 3.8) is 0 Å². The predicted molar refractivity (Wildman–Crippen MR) is 57.6 cm³/mol. The van der Waals surface area contributed by atoms with E-state index in [0.717, 1.165) is 0 Å². The van der Waals surface area contributed by atoms with Crippen LogP contribution in [0, 0.1) is 0 Å². The number of rotatable bonds is 5. The summed E-state index contributed by atoms with van der Waals surface area (Å²) < 4.78 is 23.7. The lowest BCUT2D eigenvalue weighted by molar-refractivity contribution is 0.521. The van der Waals surface area contributed by atoms with Crippen molar-refractivity contribution in [1.82, 2.24) is 9.62 Å². The van der Waals surface area contributed by atoms with Crippen LogP contribution in [0.25, 0.3) is 0 Å². The molecule has 0 rings (SSSR count). The highest BCUT2D eigenvalue weighted by molar-refractivity contribution is 7.89. The molecule has 0 heterocycles. The normalized spacial score (nSPS) is 13.3. The number of sulfonamides is 1. The van der Waals surface area contributed by atoms with Crippen molar-refractivity contribution in [2.45, 2.75) is 6.92 Å². The Balaban J connectivity index is 4.02. The molecule has 3 N–H and O–H groups in total. The smallest absolute Gasteiger partial charge is 0.215 e. The van der Waals surface area contributed by atoms with Gasteiger partial charge in [0.05, 0.1) is 12.3 Å². The molecule has 0 aromatic carbocycles. The first-order chi connectivity index (χ1) is 6.40. The van der Waals surface area contributed by atoms with Gasteiger partial charge in [-0.25, -0.2) is 12.7 Å². The molecule has 0 amide bonds. The maximum atomic E-state index is 11.3. The maximum Gasteiger partial charge on any atom is 0.215 e. The van der Waals surface area contributed by atoms with Gasteiger partial charge in [0.15, 0.2) is 5.96 Å². The number of hydrogen-bond donors (Lipinski definition) is 2. The van der Waals surface area contributed by atoms with E-state index in [1.807, 2.05) is 6.92 Å². The molecule has 0 aromatic heterocycles. The quantitative estimate of drug-likeness (QED) is 0.452. The van der Waals surface area contributed by atoms with E-state index in [2.05, 4.69) is 10.3 Å². The number of guanidine groups is 1. The molecular weight excluding hydrogens is 204 g/mol. The van der Waals surface area contributed by atoms with Crippen LogP contribution < -0.4 is 11.1 Å². The summed E-state index contributed by atoms with van der Waals surface area (Å²) in [6, 6.07) is 0. The Morgan fingerprint density at radius 3 is 2.50 bits per heavy atom. The minimum atomic E-state index is -3.17. The first-order valence-electron chi connectivity index (χ1n) is 4.34. The lowest BCUT2D eigenvalue weighted by Crippen LogP contribution is -2.32. The van der Waals surface area contributed by atoms with Gasteiger partial charge in [-0.3, -0.25) is 4.99 Å². The zero-order valence-corrected chi connectivity index (χ0v) is 9.63. The van der Waals surface area contributed by atoms with Gasteiger partial charge in [-0.1, -0.05) is 0 Å². The lowest BCUT2D eigenvalue weighted by Gasteiger charge is -2.09. The second-order valence-electron chi connectivity index (χ2n) is 2.90. The SMILES string of the molecule is CCNC(N)=NCCS(=O)(=O)N(C)C. The standard InChI is InChI=1S/C7H18N4O2S/c1-4-9-7(8)10-5-6-14(12,13)11(2)3/h4-6H2,1-3H3,(H3,8,9,10). The fourth-order valence-electron chi connectivity index (χ4n) is 0.701. The number of hydrogen-bond acceptors (Lipinski definition) is 3. The second kappa shape index (κ2) is 5.82. The molecule has 0 fully saturated rings. The number of nitrogens with one attached hydrogen (secondary N) is 1. The Hall–Kier alpha value is -0.820. The van der Waals surface area contributed by atoms with Crippen LogP contribution in [0.5, 0.6) is 0 Å². The van der Waals surface area contributed by atoms with E-state index in [-0.39, 0.29) is 18.3 Å². The monoisotopic (exact) mass is 222 g/mol. The van der Waals surface area contributed by atoms with E-state index >= 15 is 0 Å². The van der Waals surface area contributed by atoms with Crippen LogP contribution in [0.2, 0.25) is 0 Å². The summed E-state index contributed by atoms with van der Waals surface area (Å²) in [5, 5.41) is 2.78. The molecule has 0 saturated heterocycles. The van der Waals surface area contributed by atoms with Gasteiger partial charge >= 0.3 is 0 Å². The van der Waals surface area contributed by atoms with E-state index in [1.54, 1.807) is 0 Å². The zero-order chi connectivity index (χ0) is 11.2. The molecular formula is C7H18N4O2S. The van der Waals surface area contributed by atoms with E-state index in [9.17, 15) is 8.42 Å². The highest BCUT2D eigenvalue weighted by atomic mass is 32.2. The van der Waals surface area contributed by atoms with Crippen LogP contribution >= 0.6 is 0 Å². The fourth-order valence-corrected chi connectivity index (χ4v) is 1.39. The second-order valence-corrected chi connectivity index (χ2v) is 5.20. The fraction of sp³-hybridized carbons (Fsp3) is 0.857. The van der Waals surface area contributed by atoms with Crippen molar-refractivity contribution < 1.29 is 8.42 Å². The van der Waals surface area contributed by atoms with Gasteiger partial charge in [0, 0.05) is 20.6 Å². The predicted octanol–water partition coefficient (Wildman–Crippen LogP) is -1.20. The molecule has 0 spiro atoms.